The van der Waals surface area contributed by atoms with Crippen molar-refractivity contribution in [2.24, 2.45) is 0 Å². The summed E-state index contributed by atoms with van der Waals surface area (Å²) in [5.74, 6) is 0.464. The summed E-state index contributed by atoms with van der Waals surface area (Å²) in [7, 11) is 0. The van der Waals surface area contributed by atoms with Gasteiger partial charge in [-0.05, 0) is 43.2 Å². The van der Waals surface area contributed by atoms with Crippen LogP contribution in [0, 0.1) is 6.92 Å². The van der Waals surface area contributed by atoms with Gasteiger partial charge in [0.2, 0.25) is 0 Å². The molecule has 1 amide bonds. The molecular formula is C17H19NO3. The average molecular weight is 285 g/mol. The number of hydrogen-bond donors (Lipinski definition) is 2. The zero-order chi connectivity index (χ0) is 15.2. The predicted octanol–water partition coefficient (Wildman–Crippen LogP) is 3.07. The van der Waals surface area contributed by atoms with Crippen molar-refractivity contribution in [2.45, 2.75) is 20.0 Å². The molecule has 1 atom stereocenters. The number of rotatable bonds is 5. The van der Waals surface area contributed by atoms with Gasteiger partial charge in [0.1, 0.15) is 5.75 Å². The first-order valence-corrected chi connectivity index (χ1v) is 6.82. The minimum atomic E-state index is -0.565. The SMILES string of the molecule is Cc1ccccc1OCC(=O)Nc1cccc([C@@H](C)O)c1. The highest BCUT2D eigenvalue weighted by Crippen LogP contribution is 2.18. The maximum absolute atomic E-state index is 11.9. The van der Waals surface area contributed by atoms with Gasteiger partial charge in [0.25, 0.3) is 5.91 Å². The Balaban J connectivity index is 1.93. The van der Waals surface area contributed by atoms with Gasteiger partial charge in [-0.2, -0.15) is 0 Å². The summed E-state index contributed by atoms with van der Waals surface area (Å²) in [6.07, 6.45) is -0.565. The minimum Gasteiger partial charge on any atom is -0.483 e. The van der Waals surface area contributed by atoms with Gasteiger partial charge >= 0.3 is 0 Å². The van der Waals surface area contributed by atoms with Crippen molar-refractivity contribution >= 4 is 11.6 Å². The molecule has 0 saturated heterocycles. The second-order valence-corrected chi connectivity index (χ2v) is 4.90. The number of ether oxygens (including phenoxy) is 1. The molecule has 0 bridgehead atoms. The largest absolute Gasteiger partial charge is 0.483 e. The number of para-hydroxylation sites is 1. The van der Waals surface area contributed by atoms with Crippen LogP contribution in [0.5, 0.6) is 5.75 Å². The van der Waals surface area contributed by atoms with E-state index in [0.29, 0.717) is 11.4 Å². The van der Waals surface area contributed by atoms with E-state index in [-0.39, 0.29) is 12.5 Å². The third-order valence-electron chi connectivity index (χ3n) is 3.11. The normalized spacial score (nSPS) is 11.8. The second-order valence-electron chi connectivity index (χ2n) is 4.90. The van der Waals surface area contributed by atoms with E-state index >= 15 is 0 Å². The zero-order valence-electron chi connectivity index (χ0n) is 12.2. The van der Waals surface area contributed by atoms with Gasteiger partial charge in [0.05, 0.1) is 6.10 Å². The number of carbonyl (C=O) groups is 1. The Morgan fingerprint density at radius 2 is 2.00 bits per heavy atom. The Kier molecular flexibility index (Phi) is 4.95. The molecule has 0 aliphatic heterocycles. The molecule has 0 radical (unpaired) electrons. The zero-order valence-corrected chi connectivity index (χ0v) is 12.2. The van der Waals surface area contributed by atoms with Crippen molar-refractivity contribution in [2.75, 3.05) is 11.9 Å². The average Bonchev–Trinajstić information content (AvgIpc) is 2.46. The number of hydrogen-bond acceptors (Lipinski definition) is 3. The lowest BCUT2D eigenvalue weighted by Crippen LogP contribution is -2.20. The molecule has 110 valence electrons. The fourth-order valence-corrected chi connectivity index (χ4v) is 1.94. The highest BCUT2D eigenvalue weighted by Gasteiger charge is 2.07. The molecule has 0 unspecified atom stereocenters. The molecule has 2 rings (SSSR count). The Morgan fingerprint density at radius 3 is 2.71 bits per heavy atom. The third kappa shape index (κ3) is 4.33. The van der Waals surface area contributed by atoms with Crippen LogP contribution in [0.4, 0.5) is 5.69 Å². The van der Waals surface area contributed by atoms with E-state index in [4.69, 9.17) is 4.74 Å². The van der Waals surface area contributed by atoms with Crippen molar-refractivity contribution < 1.29 is 14.6 Å². The smallest absolute Gasteiger partial charge is 0.262 e. The number of aryl methyl sites for hydroxylation is 1. The molecule has 2 aromatic rings. The number of aliphatic hydroxyl groups is 1. The fourth-order valence-electron chi connectivity index (χ4n) is 1.94. The Bertz CT molecular complexity index is 623. The van der Waals surface area contributed by atoms with Gasteiger partial charge < -0.3 is 15.2 Å². The number of nitrogens with one attached hydrogen (secondary N) is 1. The number of benzene rings is 2. The first-order valence-electron chi connectivity index (χ1n) is 6.82. The van der Waals surface area contributed by atoms with Crippen LogP contribution in [0.3, 0.4) is 0 Å². The van der Waals surface area contributed by atoms with Crippen molar-refractivity contribution in [3.8, 4) is 5.75 Å². The third-order valence-corrected chi connectivity index (χ3v) is 3.11. The van der Waals surface area contributed by atoms with E-state index in [9.17, 15) is 9.90 Å². The highest BCUT2D eigenvalue weighted by molar-refractivity contribution is 5.91. The summed E-state index contributed by atoms with van der Waals surface area (Å²) in [4.78, 5) is 11.9. The van der Waals surface area contributed by atoms with Crippen LogP contribution in [0.2, 0.25) is 0 Å². The van der Waals surface area contributed by atoms with Crippen molar-refractivity contribution in [1.82, 2.24) is 0 Å². The second kappa shape index (κ2) is 6.90. The van der Waals surface area contributed by atoms with E-state index in [1.165, 1.54) is 0 Å². The molecule has 2 aromatic carbocycles. The molecule has 21 heavy (non-hydrogen) atoms. The molecule has 0 aliphatic rings. The maximum Gasteiger partial charge on any atom is 0.262 e. The van der Waals surface area contributed by atoms with Crippen LogP contribution in [0.15, 0.2) is 48.5 Å². The maximum atomic E-state index is 11.9. The van der Waals surface area contributed by atoms with Crippen LogP contribution in [0.25, 0.3) is 0 Å². The summed E-state index contributed by atoms with van der Waals surface area (Å²) in [5.41, 5.74) is 2.39. The van der Waals surface area contributed by atoms with E-state index in [0.717, 1.165) is 11.1 Å². The van der Waals surface area contributed by atoms with E-state index in [2.05, 4.69) is 5.32 Å². The number of aliphatic hydroxyl groups excluding tert-OH is 1. The van der Waals surface area contributed by atoms with Crippen molar-refractivity contribution in [1.29, 1.82) is 0 Å². The fraction of sp³-hybridized carbons (Fsp3) is 0.235. The summed E-state index contributed by atoms with van der Waals surface area (Å²) < 4.78 is 5.49. The Labute approximate surface area is 124 Å². The molecule has 0 fully saturated rings. The summed E-state index contributed by atoms with van der Waals surface area (Å²) in [5, 5.41) is 12.3. The van der Waals surface area contributed by atoms with Crippen LogP contribution >= 0.6 is 0 Å². The van der Waals surface area contributed by atoms with E-state index < -0.39 is 6.10 Å². The molecule has 0 spiro atoms. The molecule has 0 heterocycles. The molecule has 4 nitrogen and oxygen atoms in total. The molecule has 4 heteroatoms. The lowest BCUT2D eigenvalue weighted by Gasteiger charge is -2.11. The van der Waals surface area contributed by atoms with Gasteiger partial charge in [-0.15, -0.1) is 0 Å². The molecule has 0 aromatic heterocycles. The standard InChI is InChI=1S/C17H19NO3/c1-12-6-3-4-9-16(12)21-11-17(20)18-15-8-5-7-14(10-15)13(2)19/h3-10,13,19H,11H2,1-2H3,(H,18,20)/t13-/m1/s1. The van der Waals surface area contributed by atoms with E-state index in [1.54, 1.807) is 25.1 Å². The molecular weight excluding hydrogens is 266 g/mol. The van der Waals surface area contributed by atoms with Gasteiger partial charge in [-0.25, -0.2) is 0 Å². The van der Waals surface area contributed by atoms with Crippen molar-refractivity contribution in [3.63, 3.8) is 0 Å². The summed E-state index contributed by atoms with van der Waals surface area (Å²) >= 11 is 0. The molecule has 0 saturated carbocycles. The Hall–Kier alpha value is -2.33. The van der Waals surface area contributed by atoms with Gasteiger partial charge in [0, 0.05) is 5.69 Å². The lowest BCUT2D eigenvalue weighted by atomic mass is 10.1. The van der Waals surface area contributed by atoms with E-state index in [1.807, 2.05) is 37.3 Å². The summed E-state index contributed by atoms with van der Waals surface area (Å²) in [6.45, 7) is 3.56. The van der Waals surface area contributed by atoms with Crippen molar-refractivity contribution in [3.05, 3.63) is 59.7 Å². The lowest BCUT2D eigenvalue weighted by molar-refractivity contribution is -0.118. The number of anilines is 1. The quantitative estimate of drug-likeness (QED) is 0.887. The molecule has 0 aliphatic carbocycles. The number of amides is 1. The number of carbonyl (C=O) groups excluding carboxylic acids is 1. The predicted molar refractivity (Wildman–Crippen MR) is 82.4 cm³/mol. The van der Waals surface area contributed by atoms with Crippen LogP contribution in [-0.2, 0) is 4.79 Å². The van der Waals surface area contributed by atoms with Gasteiger partial charge in [-0.3, -0.25) is 4.79 Å². The monoisotopic (exact) mass is 285 g/mol. The van der Waals surface area contributed by atoms with Gasteiger partial charge in [0.15, 0.2) is 6.61 Å². The van der Waals surface area contributed by atoms with Crippen LogP contribution in [-0.4, -0.2) is 17.6 Å². The first kappa shape index (κ1) is 15.1. The van der Waals surface area contributed by atoms with Crippen LogP contribution in [0.1, 0.15) is 24.2 Å². The van der Waals surface area contributed by atoms with Crippen LogP contribution < -0.4 is 10.1 Å². The summed E-state index contributed by atoms with van der Waals surface area (Å²) in [6, 6.07) is 14.7. The Morgan fingerprint density at radius 1 is 1.24 bits per heavy atom. The van der Waals surface area contributed by atoms with Gasteiger partial charge in [-0.1, -0.05) is 30.3 Å². The first-order chi connectivity index (χ1) is 10.1. The highest BCUT2D eigenvalue weighted by atomic mass is 16.5. The topological polar surface area (TPSA) is 58.6 Å². The minimum absolute atomic E-state index is 0.0518. The molecule has 2 N–H and O–H groups in total.